The van der Waals surface area contributed by atoms with Crippen molar-refractivity contribution in [3.8, 4) is 11.3 Å². The van der Waals surface area contributed by atoms with Crippen LogP contribution < -0.4 is 5.32 Å². The van der Waals surface area contributed by atoms with E-state index in [0.717, 1.165) is 18.2 Å². The zero-order chi connectivity index (χ0) is 16.6. The normalized spacial score (nSPS) is 11.2. The number of carbonyl (C=O) groups excluding carboxylic acids is 1. The van der Waals surface area contributed by atoms with E-state index >= 15 is 0 Å². The molecule has 0 saturated heterocycles. The third-order valence-corrected chi connectivity index (χ3v) is 3.55. The Morgan fingerprint density at radius 1 is 1.22 bits per heavy atom. The average molecular weight is 356 g/mol. The molecule has 0 aliphatic carbocycles. The number of nitrogens with one attached hydrogen (secondary N) is 1. The average Bonchev–Trinajstić information content (AvgIpc) is 2.88. The molecule has 0 saturated carbocycles. The number of nitrogens with zero attached hydrogens (tertiary/aromatic N) is 2. The molecule has 0 aliphatic heterocycles. The third-order valence-electron chi connectivity index (χ3n) is 3.15. The van der Waals surface area contributed by atoms with E-state index in [1.54, 1.807) is 24.4 Å². The lowest BCUT2D eigenvalue weighted by molar-refractivity contribution is -0.114. The zero-order valence-corrected chi connectivity index (χ0v) is 12.9. The minimum absolute atomic E-state index is 0.0790. The first-order chi connectivity index (χ1) is 11.0. The van der Waals surface area contributed by atoms with Crippen LogP contribution in [0.4, 0.5) is 14.6 Å². The van der Waals surface area contributed by atoms with Gasteiger partial charge in [-0.15, -0.1) is 0 Å². The second kappa shape index (κ2) is 6.14. The van der Waals surface area contributed by atoms with Crippen LogP contribution in [0.2, 0.25) is 0 Å². The van der Waals surface area contributed by atoms with E-state index in [1.807, 2.05) is 0 Å². The van der Waals surface area contributed by atoms with Gasteiger partial charge in [0.25, 0.3) is 5.91 Å². The first-order valence-corrected chi connectivity index (χ1v) is 7.36. The number of carbonyl (C=O) groups is 1. The highest BCUT2D eigenvalue weighted by Gasteiger charge is 2.21. The number of hydrogen-bond acceptors (Lipinski definition) is 2. The monoisotopic (exact) mass is 355 g/mol. The topological polar surface area (TPSA) is 46.4 Å². The summed E-state index contributed by atoms with van der Waals surface area (Å²) in [5.74, 6) is -1.83. The molecule has 118 valence electrons. The van der Waals surface area contributed by atoms with Crippen LogP contribution in [0.5, 0.6) is 0 Å². The minimum Gasteiger partial charge on any atom is -0.308 e. The summed E-state index contributed by atoms with van der Waals surface area (Å²) in [5, 5.41) is 2.49. The molecule has 0 spiro atoms. The summed E-state index contributed by atoms with van der Waals surface area (Å²) < 4.78 is 29.1. The van der Waals surface area contributed by atoms with Crippen molar-refractivity contribution in [3.05, 3.63) is 54.2 Å². The highest BCUT2D eigenvalue weighted by Crippen LogP contribution is 2.31. The lowest BCUT2D eigenvalue weighted by Crippen LogP contribution is -2.20. The fourth-order valence-corrected chi connectivity index (χ4v) is 2.26. The number of anilines is 1. The van der Waals surface area contributed by atoms with Crippen LogP contribution in [0.15, 0.2) is 42.6 Å². The molecule has 8 heteroatoms. The molecule has 0 atom stereocenters. The zero-order valence-electron chi connectivity index (χ0n) is 11.4. The van der Waals surface area contributed by atoms with Gasteiger partial charge in [-0.05, 0) is 30.3 Å². The molecule has 4 nitrogen and oxygen atoms in total. The van der Waals surface area contributed by atoms with Crippen LogP contribution in [0, 0.1) is 11.6 Å². The van der Waals surface area contributed by atoms with Crippen LogP contribution in [-0.4, -0.2) is 20.1 Å². The Kier molecular flexibility index (Phi) is 4.19. The van der Waals surface area contributed by atoms with Gasteiger partial charge < -0.3 is 5.32 Å². The Morgan fingerprint density at radius 3 is 2.74 bits per heavy atom. The quantitative estimate of drug-likeness (QED) is 0.721. The van der Waals surface area contributed by atoms with Crippen LogP contribution in [-0.2, 0) is 4.79 Å². The van der Waals surface area contributed by atoms with Crippen molar-refractivity contribution >= 4 is 40.6 Å². The number of alkyl halides is 2. The summed E-state index contributed by atoms with van der Waals surface area (Å²) >= 11 is 11.1. The largest absolute Gasteiger partial charge is 0.308 e. The Hall–Kier alpha value is -2.18. The Morgan fingerprint density at radius 2 is 2.00 bits per heavy atom. The van der Waals surface area contributed by atoms with Gasteiger partial charge in [-0.2, -0.15) is 0 Å². The maximum atomic E-state index is 14.1. The Balaban J connectivity index is 2.23. The fraction of sp³-hybridized carbons (Fsp3) is 0.0667. The van der Waals surface area contributed by atoms with Gasteiger partial charge in [0.15, 0.2) is 4.84 Å². The van der Waals surface area contributed by atoms with Crippen molar-refractivity contribution in [2.45, 2.75) is 4.84 Å². The molecular formula is C15H9Cl2F2N3O. The minimum atomic E-state index is -1.31. The molecule has 2 aromatic heterocycles. The first kappa shape index (κ1) is 15.7. The van der Waals surface area contributed by atoms with E-state index in [2.05, 4.69) is 10.3 Å². The van der Waals surface area contributed by atoms with Gasteiger partial charge in [-0.25, -0.2) is 13.8 Å². The molecule has 1 N–H and O–H groups in total. The highest BCUT2D eigenvalue weighted by atomic mass is 35.5. The Labute approximate surface area is 139 Å². The Bertz CT molecular complexity index is 896. The maximum absolute atomic E-state index is 14.1. The van der Waals surface area contributed by atoms with Crippen LogP contribution in [0.1, 0.15) is 0 Å². The predicted molar refractivity (Wildman–Crippen MR) is 84.7 cm³/mol. The third kappa shape index (κ3) is 3.00. The molecule has 0 fully saturated rings. The number of rotatable bonds is 3. The molecule has 0 radical (unpaired) electrons. The summed E-state index contributed by atoms with van der Waals surface area (Å²) in [5.41, 5.74) is 0.447. The standard InChI is InChI=1S/C15H9Cl2F2N3O/c16-13(17)15(23)21-14-12(9-7-8(18)4-5-10(9)19)20-11-3-1-2-6-22(11)14/h1-7,13H,(H,21,23). The number of benzene rings is 1. The number of halogens is 4. The summed E-state index contributed by atoms with van der Waals surface area (Å²) in [6, 6.07) is 8.09. The van der Waals surface area contributed by atoms with Gasteiger partial charge in [-0.3, -0.25) is 9.20 Å². The summed E-state index contributed by atoms with van der Waals surface area (Å²) in [7, 11) is 0. The molecule has 1 amide bonds. The van der Waals surface area contributed by atoms with E-state index in [1.165, 1.54) is 4.40 Å². The molecule has 0 aliphatic rings. The van der Waals surface area contributed by atoms with Crippen LogP contribution >= 0.6 is 23.2 Å². The maximum Gasteiger partial charge on any atom is 0.258 e. The number of amides is 1. The molecule has 0 unspecified atom stereocenters. The van der Waals surface area contributed by atoms with Gasteiger partial charge in [-0.1, -0.05) is 29.3 Å². The van der Waals surface area contributed by atoms with Crippen molar-refractivity contribution < 1.29 is 13.6 Å². The van der Waals surface area contributed by atoms with Crippen molar-refractivity contribution in [2.75, 3.05) is 5.32 Å². The van der Waals surface area contributed by atoms with Crippen molar-refractivity contribution in [1.29, 1.82) is 0 Å². The number of fused-ring (bicyclic) bond motifs is 1. The van der Waals surface area contributed by atoms with E-state index < -0.39 is 22.4 Å². The lowest BCUT2D eigenvalue weighted by atomic mass is 10.1. The van der Waals surface area contributed by atoms with E-state index in [-0.39, 0.29) is 17.1 Å². The first-order valence-electron chi connectivity index (χ1n) is 6.49. The fourth-order valence-electron chi connectivity index (χ4n) is 2.15. The summed E-state index contributed by atoms with van der Waals surface area (Å²) in [6.07, 6.45) is 1.62. The molecule has 3 rings (SSSR count). The van der Waals surface area contributed by atoms with E-state index in [0.29, 0.717) is 5.65 Å². The second-order valence-corrected chi connectivity index (χ2v) is 5.75. The van der Waals surface area contributed by atoms with Gasteiger partial charge >= 0.3 is 0 Å². The van der Waals surface area contributed by atoms with Crippen molar-refractivity contribution in [1.82, 2.24) is 9.38 Å². The smallest absolute Gasteiger partial charge is 0.258 e. The predicted octanol–water partition coefficient (Wildman–Crippen LogP) is 4.02. The molecule has 2 heterocycles. The van der Waals surface area contributed by atoms with Gasteiger partial charge in [0, 0.05) is 11.8 Å². The SMILES string of the molecule is O=C(Nc1c(-c2cc(F)ccc2F)nc2ccccn12)C(Cl)Cl. The molecule has 0 bridgehead atoms. The highest BCUT2D eigenvalue weighted by molar-refractivity contribution is 6.54. The summed E-state index contributed by atoms with van der Waals surface area (Å²) in [6.45, 7) is 0. The number of pyridine rings is 1. The van der Waals surface area contributed by atoms with Crippen LogP contribution in [0.25, 0.3) is 16.9 Å². The number of aromatic nitrogens is 2. The van der Waals surface area contributed by atoms with Crippen LogP contribution in [0.3, 0.4) is 0 Å². The van der Waals surface area contributed by atoms with Gasteiger partial charge in [0.05, 0.1) is 0 Å². The number of hydrogen-bond donors (Lipinski definition) is 1. The van der Waals surface area contributed by atoms with Crippen molar-refractivity contribution in [3.63, 3.8) is 0 Å². The van der Waals surface area contributed by atoms with Crippen molar-refractivity contribution in [2.24, 2.45) is 0 Å². The molecule has 3 aromatic rings. The molecule has 23 heavy (non-hydrogen) atoms. The lowest BCUT2D eigenvalue weighted by Gasteiger charge is -2.08. The molecule has 1 aromatic carbocycles. The van der Waals surface area contributed by atoms with E-state index in [4.69, 9.17) is 23.2 Å². The van der Waals surface area contributed by atoms with E-state index in [9.17, 15) is 13.6 Å². The number of imidazole rings is 1. The molecular weight excluding hydrogens is 347 g/mol. The van der Waals surface area contributed by atoms with Gasteiger partial charge in [0.1, 0.15) is 28.8 Å². The summed E-state index contributed by atoms with van der Waals surface area (Å²) in [4.78, 5) is 14.7. The van der Waals surface area contributed by atoms with Gasteiger partial charge in [0.2, 0.25) is 0 Å². The second-order valence-electron chi connectivity index (χ2n) is 4.65.